The van der Waals surface area contributed by atoms with Gasteiger partial charge in [0.15, 0.2) is 5.65 Å². The van der Waals surface area contributed by atoms with E-state index in [1.54, 1.807) is 72.4 Å². The van der Waals surface area contributed by atoms with Gasteiger partial charge in [-0.2, -0.15) is 5.10 Å². The number of nitrogens with one attached hydrogen (secondary N) is 1. The molecule has 0 saturated heterocycles. The van der Waals surface area contributed by atoms with Crippen LogP contribution in [0.25, 0.3) is 28.2 Å². The van der Waals surface area contributed by atoms with Crippen LogP contribution in [-0.4, -0.2) is 25.5 Å². The van der Waals surface area contributed by atoms with Gasteiger partial charge in [-0.1, -0.05) is 23.7 Å². The van der Waals surface area contributed by atoms with Crippen molar-refractivity contribution in [3.8, 4) is 22.5 Å². The van der Waals surface area contributed by atoms with E-state index >= 15 is 0 Å². The molecule has 1 N–H and O–H groups in total. The van der Waals surface area contributed by atoms with Crippen molar-refractivity contribution in [2.24, 2.45) is 0 Å². The Morgan fingerprint density at radius 2 is 1.85 bits per heavy atom. The first kappa shape index (κ1) is 20.8. The number of aromatic nitrogens is 4. The molecule has 0 unspecified atom stereocenters. The second-order valence-corrected chi connectivity index (χ2v) is 7.84. The summed E-state index contributed by atoms with van der Waals surface area (Å²) in [7, 11) is 0. The maximum Gasteiger partial charge on any atom is 0.258 e. The van der Waals surface area contributed by atoms with Crippen LogP contribution in [0.5, 0.6) is 0 Å². The van der Waals surface area contributed by atoms with Crippen LogP contribution in [0.3, 0.4) is 0 Å². The molecule has 0 saturated carbocycles. The molecule has 5 aromatic rings. The molecule has 8 heteroatoms. The maximum absolute atomic E-state index is 13.9. The highest BCUT2D eigenvalue weighted by molar-refractivity contribution is 6.34. The molecule has 1 amide bonds. The number of amides is 1. The Bertz CT molecular complexity index is 1510. The van der Waals surface area contributed by atoms with Crippen LogP contribution in [-0.2, 0) is 0 Å². The second kappa shape index (κ2) is 8.44. The molecule has 0 aliphatic rings. The topological polar surface area (TPSA) is 72.2 Å². The van der Waals surface area contributed by atoms with Gasteiger partial charge >= 0.3 is 0 Å². The van der Waals surface area contributed by atoms with Crippen LogP contribution in [0.2, 0.25) is 5.02 Å². The van der Waals surface area contributed by atoms with Gasteiger partial charge in [-0.05, 0) is 67.1 Å². The summed E-state index contributed by atoms with van der Waals surface area (Å²) in [5.41, 5.74) is 4.35. The Labute approximate surface area is 193 Å². The Morgan fingerprint density at radius 3 is 2.67 bits per heavy atom. The highest BCUT2D eigenvalue weighted by Gasteiger charge is 2.19. The fourth-order valence-corrected chi connectivity index (χ4v) is 3.84. The van der Waals surface area contributed by atoms with Gasteiger partial charge in [-0.3, -0.25) is 4.79 Å². The molecule has 0 spiro atoms. The quantitative estimate of drug-likeness (QED) is 0.369. The minimum absolute atomic E-state index is 0.282. The number of carbonyl (C=O) groups is 1. The highest BCUT2D eigenvalue weighted by atomic mass is 35.5. The standard InChI is InChI=1S/C25H17ClFN5O/c1-15-13-16(8-9-20(15)27)23-24(32-22(31-23)7-4-11-29-32)17-10-12-28-21(14-17)30-25(33)18-5-2-3-6-19(18)26/h2-14H,1H3,(H,28,30,33). The molecule has 0 atom stereocenters. The lowest BCUT2D eigenvalue weighted by atomic mass is 10.0. The minimum Gasteiger partial charge on any atom is -0.307 e. The van der Waals surface area contributed by atoms with Crippen molar-refractivity contribution in [1.29, 1.82) is 0 Å². The molecule has 0 fully saturated rings. The van der Waals surface area contributed by atoms with E-state index in [9.17, 15) is 9.18 Å². The summed E-state index contributed by atoms with van der Waals surface area (Å²) >= 11 is 6.15. The van der Waals surface area contributed by atoms with E-state index in [0.717, 1.165) is 11.1 Å². The Kier molecular flexibility index (Phi) is 5.32. The largest absolute Gasteiger partial charge is 0.307 e. The molecule has 0 aliphatic carbocycles. The van der Waals surface area contributed by atoms with E-state index in [1.165, 1.54) is 6.07 Å². The number of pyridine rings is 1. The number of benzene rings is 2. The first-order valence-corrected chi connectivity index (χ1v) is 10.5. The molecule has 2 aromatic carbocycles. The lowest BCUT2D eigenvalue weighted by molar-refractivity contribution is 0.102. The number of nitrogens with zero attached hydrogens (tertiary/aromatic N) is 4. The molecular formula is C25H17ClFN5O. The Balaban J connectivity index is 1.60. The van der Waals surface area contributed by atoms with Gasteiger partial charge < -0.3 is 5.32 Å². The zero-order valence-corrected chi connectivity index (χ0v) is 18.2. The molecule has 3 heterocycles. The summed E-state index contributed by atoms with van der Waals surface area (Å²) in [4.78, 5) is 21.7. The van der Waals surface area contributed by atoms with Crippen LogP contribution < -0.4 is 5.32 Å². The SMILES string of the molecule is Cc1cc(-c2nc3cccnn3c2-c2ccnc(NC(=O)c3ccccc3Cl)c2)ccc1F. The van der Waals surface area contributed by atoms with E-state index in [1.807, 2.05) is 12.1 Å². The zero-order chi connectivity index (χ0) is 22.9. The van der Waals surface area contributed by atoms with E-state index < -0.39 is 0 Å². The molecule has 162 valence electrons. The Morgan fingerprint density at radius 1 is 1.00 bits per heavy atom. The van der Waals surface area contributed by atoms with Crippen molar-refractivity contribution >= 4 is 29.0 Å². The molecular weight excluding hydrogens is 441 g/mol. The van der Waals surface area contributed by atoms with Crippen LogP contribution in [0.15, 0.2) is 79.1 Å². The van der Waals surface area contributed by atoms with Crippen molar-refractivity contribution < 1.29 is 9.18 Å². The normalized spacial score (nSPS) is 11.0. The predicted octanol–water partition coefficient (Wildman–Crippen LogP) is 5.81. The number of fused-ring (bicyclic) bond motifs is 1. The van der Waals surface area contributed by atoms with Crippen LogP contribution in [0.4, 0.5) is 10.2 Å². The van der Waals surface area contributed by atoms with Crippen LogP contribution in [0.1, 0.15) is 15.9 Å². The van der Waals surface area contributed by atoms with Crippen molar-refractivity contribution in [1.82, 2.24) is 19.6 Å². The van der Waals surface area contributed by atoms with Crippen molar-refractivity contribution in [2.45, 2.75) is 6.92 Å². The van der Waals surface area contributed by atoms with Gasteiger partial charge in [0.1, 0.15) is 17.3 Å². The summed E-state index contributed by atoms with van der Waals surface area (Å²) in [5.74, 6) is -0.295. The highest BCUT2D eigenvalue weighted by Crippen LogP contribution is 2.33. The molecule has 5 rings (SSSR count). The van der Waals surface area contributed by atoms with Gasteiger partial charge in [0, 0.05) is 23.5 Å². The smallest absolute Gasteiger partial charge is 0.258 e. The van der Waals surface area contributed by atoms with E-state index in [4.69, 9.17) is 16.6 Å². The van der Waals surface area contributed by atoms with Gasteiger partial charge in [0.2, 0.25) is 0 Å². The van der Waals surface area contributed by atoms with Crippen molar-refractivity contribution in [3.05, 3.63) is 101 Å². The van der Waals surface area contributed by atoms with Gasteiger partial charge in [0.25, 0.3) is 5.91 Å². The van der Waals surface area contributed by atoms with Crippen molar-refractivity contribution in [3.63, 3.8) is 0 Å². The number of carbonyl (C=O) groups excluding carboxylic acids is 1. The molecule has 0 bridgehead atoms. The van der Waals surface area contributed by atoms with Crippen LogP contribution >= 0.6 is 11.6 Å². The average Bonchev–Trinajstić information content (AvgIpc) is 3.21. The predicted molar refractivity (Wildman–Crippen MR) is 126 cm³/mol. The third-order valence-corrected chi connectivity index (χ3v) is 5.55. The Hall–Kier alpha value is -4.10. The number of hydrogen-bond donors (Lipinski definition) is 1. The number of rotatable bonds is 4. The number of anilines is 1. The zero-order valence-electron chi connectivity index (χ0n) is 17.5. The van der Waals surface area contributed by atoms with Crippen LogP contribution in [0, 0.1) is 12.7 Å². The average molecular weight is 458 g/mol. The number of imidazole rings is 1. The lowest BCUT2D eigenvalue weighted by Gasteiger charge is -2.09. The fraction of sp³-hybridized carbons (Fsp3) is 0.0400. The summed E-state index contributed by atoms with van der Waals surface area (Å²) in [6.07, 6.45) is 3.26. The van der Waals surface area contributed by atoms with E-state index in [-0.39, 0.29) is 11.7 Å². The monoisotopic (exact) mass is 457 g/mol. The third kappa shape index (κ3) is 3.94. The van der Waals surface area contributed by atoms with E-state index in [0.29, 0.717) is 39.0 Å². The fourth-order valence-electron chi connectivity index (χ4n) is 3.62. The first-order chi connectivity index (χ1) is 16.0. The summed E-state index contributed by atoms with van der Waals surface area (Å²) in [5, 5.41) is 7.59. The van der Waals surface area contributed by atoms with Gasteiger partial charge in [0.05, 0.1) is 16.3 Å². The van der Waals surface area contributed by atoms with Crippen molar-refractivity contribution in [2.75, 3.05) is 5.32 Å². The molecule has 0 radical (unpaired) electrons. The number of halogens is 2. The van der Waals surface area contributed by atoms with Gasteiger partial charge in [-0.15, -0.1) is 0 Å². The molecule has 3 aromatic heterocycles. The lowest BCUT2D eigenvalue weighted by Crippen LogP contribution is -2.13. The molecule has 33 heavy (non-hydrogen) atoms. The number of hydrogen-bond acceptors (Lipinski definition) is 4. The summed E-state index contributed by atoms with van der Waals surface area (Å²) in [6.45, 7) is 1.71. The minimum atomic E-state index is -0.365. The maximum atomic E-state index is 13.9. The third-order valence-electron chi connectivity index (χ3n) is 5.22. The van der Waals surface area contributed by atoms with E-state index in [2.05, 4.69) is 15.4 Å². The molecule has 0 aliphatic heterocycles. The summed E-state index contributed by atoms with van der Waals surface area (Å²) < 4.78 is 15.6. The van der Waals surface area contributed by atoms with Gasteiger partial charge in [-0.25, -0.2) is 18.9 Å². The second-order valence-electron chi connectivity index (χ2n) is 7.43. The number of aryl methyl sites for hydroxylation is 1. The summed E-state index contributed by atoms with van der Waals surface area (Å²) in [6, 6.07) is 18.9. The molecule has 6 nitrogen and oxygen atoms in total. The first-order valence-electron chi connectivity index (χ1n) is 10.1.